The Morgan fingerprint density at radius 1 is 1.07 bits per heavy atom. The summed E-state index contributed by atoms with van der Waals surface area (Å²) < 4.78 is 5.48. The number of rotatable bonds is 7. The van der Waals surface area contributed by atoms with Crippen molar-refractivity contribution in [3.63, 3.8) is 0 Å². The van der Waals surface area contributed by atoms with Gasteiger partial charge in [-0.3, -0.25) is 14.5 Å². The monoisotopic (exact) mass is 575 g/mol. The number of morpholine rings is 1. The summed E-state index contributed by atoms with van der Waals surface area (Å²) in [5.74, 6) is -0.563. The van der Waals surface area contributed by atoms with Crippen LogP contribution >= 0.6 is 11.6 Å². The third kappa shape index (κ3) is 4.79. The van der Waals surface area contributed by atoms with Gasteiger partial charge in [-0.25, -0.2) is 9.69 Å². The van der Waals surface area contributed by atoms with Gasteiger partial charge in [0.1, 0.15) is 6.04 Å². The fourth-order valence-electron chi connectivity index (χ4n) is 6.74. The minimum atomic E-state index is -0.716. The van der Waals surface area contributed by atoms with Crippen molar-refractivity contribution < 1.29 is 19.1 Å². The predicted molar refractivity (Wildman–Crippen MR) is 156 cm³/mol. The number of carbonyl (C=O) groups excluding carboxylic acids is 3. The van der Waals surface area contributed by atoms with Crippen LogP contribution in [0.15, 0.2) is 48.7 Å². The summed E-state index contributed by atoms with van der Waals surface area (Å²) in [6, 6.07) is 11.8. The number of H-pyrrole nitrogens is 1. The predicted octanol–water partition coefficient (Wildman–Crippen LogP) is 4.30. The fraction of sp³-hybridized carbons (Fsp3) is 0.452. The molecule has 3 aromatic rings. The molecule has 41 heavy (non-hydrogen) atoms. The zero-order valence-electron chi connectivity index (χ0n) is 22.9. The zero-order chi connectivity index (χ0) is 28.1. The van der Waals surface area contributed by atoms with Crippen molar-refractivity contribution in [1.82, 2.24) is 20.1 Å². The summed E-state index contributed by atoms with van der Waals surface area (Å²) in [5.41, 5.74) is 3.29. The zero-order valence-corrected chi connectivity index (χ0v) is 23.7. The normalized spacial score (nSPS) is 24.1. The number of hydrogen-bond donors (Lipinski definition) is 2. The Bertz CT molecular complexity index is 1490. The molecule has 10 heteroatoms. The van der Waals surface area contributed by atoms with Crippen molar-refractivity contribution >= 4 is 46.0 Å². The van der Waals surface area contributed by atoms with Crippen LogP contribution in [0.1, 0.15) is 48.0 Å². The molecule has 4 aliphatic rings. The molecule has 7 rings (SSSR count). The molecular weight excluding hydrogens is 542 g/mol. The summed E-state index contributed by atoms with van der Waals surface area (Å²) in [7, 11) is 0. The number of imide groups is 1. The molecule has 1 saturated carbocycles. The first-order valence-electron chi connectivity index (χ1n) is 14.6. The van der Waals surface area contributed by atoms with Crippen LogP contribution in [0, 0.1) is 0 Å². The van der Waals surface area contributed by atoms with Gasteiger partial charge < -0.3 is 19.9 Å². The smallest absolute Gasteiger partial charge is 0.332 e. The van der Waals surface area contributed by atoms with E-state index in [4.69, 9.17) is 16.3 Å². The minimum Gasteiger partial charge on any atom is -0.379 e. The molecule has 3 aliphatic heterocycles. The number of nitrogens with zero attached hydrogens (tertiary/aromatic N) is 3. The molecule has 0 bridgehead atoms. The highest BCUT2D eigenvalue weighted by Gasteiger charge is 2.51. The van der Waals surface area contributed by atoms with Crippen molar-refractivity contribution in [2.24, 2.45) is 0 Å². The quantitative estimate of drug-likeness (QED) is 0.409. The van der Waals surface area contributed by atoms with Gasteiger partial charge in [0, 0.05) is 42.3 Å². The lowest BCUT2D eigenvalue weighted by Gasteiger charge is -2.34. The van der Waals surface area contributed by atoms with E-state index >= 15 is 0 Å². The first kappa shape index (κ1) is 26.5. The van der Waals surface area contributed by atoms with Crippen molar-refractivity contribution in [3.8, 4) is 0 Å². The molecule has 1 aliphatic carbocycles. The molecular formula is C31H34ClN5O4. The highest BCUT2D eigenvalue weighted by molar-refractivity contribution is 6.35. The topological polar surface area (TPSA) is 98.0 Å². The van der Waals surface area contributed by atoms with E-state index in [0.717, 1.165) is 50.2 Å². The SMILES string of the molecule is O=C(N[C@@H]1CCCN2C(=O)N(c3ccc(C4(CCN5CCOCC5)CC4)cc3)C(=O)[C@H]12)c1ccc2c(Cl)c[nH]c2c1. The van der Waals surface area contributed by atoms with E-state index < -0.39 is 12.1 Å². The average Bonchev–Trinajstić information content (AvgIpc) is 3.64. The Hall–Kier alpha value is -3.40. The van der Waals surface area contributed by atoms with Gasteiger partial charge in [0.25, 0.3) is 11.8 Å². The summed E-state index contributed by atoms with van der Waals surface area (Å²) in [6.07, 6.45) is 6.46. The second kappa shape index (κ2) is 10.5. The Morgan fingerprint density at radius 2 is 1.85 bits per heavy atom. The van der Waals surface area contributed by atoms with Gasteiger partial charge >= 0.3 is 6.03 Å². The van der Waals surface area contributed by atoms with Crippen LogP contribution in [0.3, 0.4) is 0 Å². The van der Waals surface area contributed by atoms with Crippen molar-refractivity contribution in [1.29, 1.82) is 0 Å². The molecule has 4 fully saturated rings. The van der Waals surface area contributed by atoms with Crippen molar-refractivity contribution in [2.45, 2.75) is 49.6 Å². The van der Waals surface area contributed by atoms with Crippen LogP contribution < -0.4 is 10.2 Å². The summed E-state index contributed by atoms with van der Waals surface area (Å²) in [6.45, 7) is 5.15. The van der Waals surface area contributed by atoms with E-state index in [0.29, 0.717) is 35.7 Å². The molecule has 3 saturated heterocycles. The van der Waals surface area contributed by atoms with Gasteiger partial charge in [-0.2, -0.15) is 0 Å². The van der Waals surface area contributed by atoms with Gasteiger partial charge in [0.15, 0.2) is 0 Å². The van der Waals surface area contributed by atoms with Crippen LogP contribution in [0.25, 0.3) is 10.9 Å². The van der Waals surface area contributed by atoms with E-state index in [-0.39, 0.29) is 23.3 Å². The van der Waals surface area contributed by atoms with Crippen molar-refractivity contribution in [2.75, 3.05) is 44.3 Å². The van der Waals surface area contributed by atoms with Crippen LogP contribution in [0.4, 0.5) is 10.5 Å². The van der Waals surface area contributed by atoms with Gasteiger partial charge in [0.2, 0.25) is 0 Å². The van der Waals surface area contributed by atoms with Gasteiger partial charge in [-0.1, -0.05) is 29.8 Å². The van der Waals surface area contributed by atoms with Crippen LogP contribution in [0.2, 0.25) is 5.02 Å². The highest BCUT2D eigenvalue weighted by Crippen LogP contribution is 2.51. The Morgan fingerprint density at radius 3 is 2.61 bits per heavy atom. The number of aromatic nitrogens is 1. The molecule has 1 aromatic heterocycles. The number of fused-ring (bicyclic) bond motifs is 2. The third-order valence-electron chi connectivity index (χ3n) is 9.35. The average molecular weight is 576 g/mol. The minimum absolute atomic E-state index is 0.192. The maximum atomic E-state index is 13.7. The Kier molecular flexibility index (Phi) is 6.76. The maximum Gasteiger partial charge on any atom is 0.332 e. The van der Waals surface area contributed by atoms with Crippen LogP contribution in [-0.2, 0) is 14.9 Å². The molecule has 0 radical (unpaired) electrons. The van der Waals surface area contributed by atoms with Gasteiger partial charge in [-0.15, -0.1) is 0 Å². The molecule has 4 amide bonds. The van der Waals surface area contributed by atoms with Crippen LogP contribution in [-0.4, -0.2) is 84.1 Å². The number of amides is 4. The van der Waals surface area contributed by atoms with Gasteiger partial charge in [0.05, 0.1) is 30.0 Å². The number of halogens is 1. The summed E-state index contributed by atoms with van der Waals surface area (Å²) >= 11 is 6.18. The molecule has 2 atom stereocenters. The summed E-state index contributed by atoms with van der Waals surface area (Å²) in [4.78, 5) is 48.8. The molecule has 2 aromatic carbocycles. The molecule has 214 valence electrons. The first-order valence-corrected chi connectivity index (χ1v) is 14.9. The number of urea groups is 1. The first-order chi connectivity index (χ1) is 19.9. The lowest BCUT2D eigenvalue weighted by molar-refractivity contribution is -0.121. The van der Waals surface area contributed by atoms with E-state index in [1.165, 1.54) is 23.3 Å². The molecule has 4 heterocycles. The molecule has 0 unspecified atom stereocenters. The summed E-state index contributed by atoms with van der Waals surface area (Å²) in [5, 5.41) is 4.48. The van der Waals surface area contributed by atoms with Crippen molar-refractivity contribution in [3.05, 3.63) is 64.8 Å². The second-order valence-electron chi connectivity index (χ2n) is 11.7. The van der Waals surface area contributed by atoms with Crippen LogP contribution in [0.5, 0.6) is 0 Å². The van der Waals surface area contributed by atoms with Gasteiger partial charge in [-0.05, 0) is 73.9 Å². The number of ether oxygens (including phenoxy) is 1. The molecule has 9 nitrogen and oxygen atoms in total. The maximum absolute atomic E-state index is 13.7. The number of piperidine rings is 1. The number of hydrogen-bond acceptors (Lipinski definition) is 5. The number of anilines is 1. The van der Waals surface area contributed by atoms with E-state index in [2.05, 4.69) is 27.3 Å². The number of carbonyl (C=O) groups is 3. The van der Waals surface area contributed by atoms with E-state index in [1.54, 1.807) is 29.3 Å². The number of benzene rings is 2. The second-order valence-corrected chi connectivity index (χ2v) is 12.2. The largest absolute Gasteiger partial charge is 0.379 e. The number of aromatic amines is 1. The van der Waals surface area contributed by atoms with E-state index in [1.807, 2.05) is 12.1 Å². The van der Waals surface area contributed by atoms with E-state index in [9.17, 15) is 14.4 Å². The Balaban J connectivity index is 1.05. The third-order valence-corrected chi connectivity index (χ3v) is 9.67. The number of nitrogens with one attached hydrogen (secondary N) is 2. The molecule has 2 N–H and O–H groups in total. The molecule has 0 spiro atoms. The Labute approximate surface area is 243 Å². The standard InChI is InChI=1S/C31H34ClN5O4/c32-24-19-33-26-18-20(3-8-23(24)26)28(38)34-25-2-1-12-36-27(25)29(39)37(30(36)40)22-6-4-21(5-7-22)31(9-10-31)11-13-35-14-16-41-17-15-35/h3-8,18-19,25,27,33H,1-2,9-17H2,(H,34,38)/t25-,27+/m1/s1. The highest BCUT2D eigenvalue weighted by atomic mass is 35.5. The fourth-order valence-corrected chi connectivity index (χ4v) is 6.96. The lowest BCUT2D eigenvalue weighted by atomic mass is 9.92. The lowest BCUT2D eigenvalue weighted by Crippen LogP contribution is -2.55.